The second kappa shape index (κ2) is 9.06. The summed E-state index contributed by atoms with van der Waals surface area (Å²) in [5.74, 6) is -0.652. The normalized spacial score (nSPS) is 11.8. The summed E-state index contributed by atoms with van der Waals surface area (Å²) in [5.41, 5.74) is 1.97. The van der Waals surface area contributed by atoms with Crippen LogP contribution >= 0.6 is 0 Å². The summed E-state index contributed by atoms with van der Waals surface area (Å²) in [6.45, 7) is 3.99. The standard InChI is InChI=1S/C20H24FNO2/c1-3-5-8-15-11-13-16(14-12-15)22-20(23)18(4-2)24-19-10-7-6-9-17(19)21/h6-7,9-14,18H,3-5,8H2,1-2H3,(H,22,23)/t18-/m0/s1. The molecule has 1 amide bonds. The number of aryl methyl sites for hydroxylation is 1. The molecule has 0 aromatic heterocycles. The summed E-state index contributed by atoms with van der Waals surface area (Å²) >= 11 is 0. The highest BCUT2D eigenvalue weighted by Gasteiger charge is 2.19. The minimum absolute atomic E-state index is 0.0920. The zero-order valence-corrected chi connectivity index (χ0v) is 14.2. The lowest BCUT2D eigenvalue weighted by molar-refractivity contribution is -0.122. The number of ether oxygens (including phenoxy) is 1. The predicted octanol–water partition coefficient (Wildman–Crippen LogP) is 4.96. The number of carbonyl (C=O) groups excluding carboxylic acids is 1. The summed E-state index contributed by atoms with van der Waals surface area (Å²) in [7, 11) is 0. The van der Waals surface area contributed by atoms with E-state index in [1.807, 2.05) is 31.2 Å². The fourth-order valence-electron chi connectivity index (χ4n) is 2.37. The van der Waals surface area contributed by atoms with Gasteiger partial charge in [0.25, 0.3) is 5.91 Å². The Bertz CT molecular complexity index is 655. The first-order valence-corrected chi connectivity index (χ1v) is 8.45. The molecule has 0 saturated heterocycles. The summed E-state index contributed by atoms with van der Waals surface area (Å²) in [5, 5.41) is 2.83. The average molecular weight is 329 g/mol. The molecule has 2 rings (SSSR count). The van der Waals surface area contributed by atoms with Gasteiger partial charge in [-0.2, -0.15) is 0 Å². The molecule has 0 spiro atoms. The Kier molecular flexibility index (Phi) is 6.79. The van der Waals surface area contributed by atoms with Crippen LogP contribution in [0.25, 0.3) is 0 Å². The van der Waals surface area contributed by atoms with Crippen LogP contribution in [0.2, 0.25) is 0 Å². The van der Waals surface area contributed by atoms with Gasteiger partial charge in [0, 0.05) is 5.69 Å². The van der Waals surface area contributed by atoms with Gasteiger partial charge in [0.05, 0.1) is 0 Å². The molecule has 0 radical (unpaired) electrons. The van der Waals surface area contributed by atoms with Gasteiger partial charge >= 0.3 is 0 Å². The summed E-state index contributed by atoms with van der Waals surface area (Å²) in [6, 6.07) is 13.9. The molecule has 0 aliphatic carbocycles. The Morgan fingerprint density at radius 3 is 2.46 bits per heavy atom. The molecule has 3 nitrogen and oxygen atoms in total. The molecule has 0 heterocycles. The van der Waals surface area contributed by atoms with Crippen molar-refractivity contribution < 1.29 is 13.9 Å². The summed E-state index contributed by atoms with van der Waals surface area (Å²) in [6.07, 6.45) is 3.07. The average Bonchev–Trinajstić information content (AvgIpc) is 2.60. The van der Waals surface area contributed by atoms with Crippen molar-refractivity contribution >= 4 is 11.6 Å². The third kappa shape index (κ3) is 5.08. The molecule has 0 saturated carbocycles. The Labute approximate surface area is 142 Å². The van der Waals surface area contributed by atoms with Gasteiger partial charge < -0.3 is 10.1 Å². The van der Waals surface area contributed by atoms with Crippen LogP contribution in [0, 0.1) is 5.82 Å². The van der Waals surface area contributed by atoms with Gasteiger partial charge in [0.1, 0.15) is 0 Å². The van der Waals surface area contributed by atoms with E-state index in [9.17, 15) is 9.18 Å². The first kappa shape index (κ1) is 18.0. The van der Waals surface area contributed by atoms with Crippen molar-refractivity contribution in [3.63, 3.8) is 0 Å². The van der Waals surface area contributed by atoms with Crippen molar-refractivity contribution in [2.75, 3.05) is 5.32 Å². The van der Waals surface area contributed by atoms with E-state index >= 15 is 0 Å². The molecule has 0 fully saturated rings. The van der Waals surface area contributed by atoms with Crippen molar-refractivity contribution in [1.82, 2.24) is 0 Å². The van der Waals surface area contributed by atoms with Crippen molar-refractivity contribution in [2.24, 2.45) is 0 Å². The highest BCUT2D eigenvalue weighted by Crippen LogP contribution is 2.19. The van der Waals surface area contributed by atoms with Crippen LogP contribution in [-0.2, 0) is 11.2 Å². The molecule has 1 N–H and O–H groups in total. The SMILES string of the molecule is CCCCc1ccc(NC(=O)[C@H](CC)Oc2ccccc2F)cc1. The maximum Gasteiger partial charge on any atom is 0.265 e. The van der Waals surface area contributed by atoms with Crippen LogP contribution in [0.5, 0.6) is 5.75 Å². The quantitative estimate of drug-likeness (QED) is 0.743. The van der Waals surface area contributed by atoms with Gasteiger partial charge in [0.2, 0.25) is 0 Å². The van der Waals surface area contributed by atoms with Crippen LogP contribution in [0.15, 0.2) is 48.5 Å². The molecule has 2 aromatic rings. The van der Waals surface area contributed by atoms with Gasteiger partial charge in [0.15, 0.2) is 17.7 Å². The molecular weight excluding hydrogens is 305 g/mol. The van der Waals surface area contributed by atoms with Crippen molar-refractivity contribution in [3.05, 3.63) is 59.9 Å². The van der Waals surface area contributed by atoms with Gasteiger partial charge in [-0.15, -0.1) is 0 Å². The van der Waals surface area contributed by atoms with Gasteiger partial charge in [-0.1, -0.05) is 44.5 Å². The minimum Gasteiger partial charge on any atom is -0.478 e. The number of rotatable bonds is 8. The molecule has 4 heteroatoms. The van der Waals surface area contributed by atoms with E-state index < -0.39 is 11.9 Å². The molecule has 2 aromatic carbocycles. The second-order valence-electron chi connectivity index (χ2n) is 5.73. The second-order valence-corrected chi connectivity index (χ2v) is 5.73. The summed E-state index contributed by atoms with van der Waals surface area (Å²) in [4.78, 5) is 12.4. The fourth-order valence-corrected chi connectivity index (χ4v) is 2.37. The smallest absolute Gasteiger partial charge is 0.265 e. The van der Waals surface area contributed by atoms with Gasteiger partial charge in [-0.25, -0.2) is 4.39 Å². The van der Waals surface area contributed by atoms with Gasteiger partial charge in [-0.05, 0) is 49.1 Å². The van der Waals surface area contributed by atoms with Crippen molar-refractivity contribution in [2.45, 2.75) is 45.6 Å². The zero-order chi connectivity index (χ0) is 17.4. The Morgan fingerprint density at radius 2 is 1.83 bits per heavy atom. The number of halogens is 1. The number of para-hydroxylation sites is 1. The molecule has 24 heavy (non-hydrogen) atoms. The highest BCUT2D eigenvalue weighted by atomic mass is 19.1. The summed E-state index contributed by atoms with van der Waals surface area (Å²) < 4.78 is 19.2. The van der Waals surface area contributed by atoms with Crippen LogP contribution in [0.3, 0.4) is 0 Å². The lowest BCUT2D eigenvalue weighted by Crippen LogP contribution is -2.32. The van der Waals surface area contributed by atoms with E-state index in [2.05, 4.69) is 12.2 Å². The molecule has 128 valence electrons. The topological polar surface area (TPSA) is 38.3 Å². The minimum atomic E-state index is -0.735. The van der Waals surface area contributed by atoms with E-state index in [4.69, 9.17) is 4.74 Å². The molecule has 0 aliphatic rings. The predicted molar refractivity (Wildman–Crippen MR) is 94.8 cm³/mol. The van der Waals surface area contributed by atoms with E-state index in [0.29, 0.717) is 6.42 Å². The lowest BCUT2D eigenvalue weighted by Gasteiger charge is -2.17. The molecule has 0 aliphatic heterocycles. The number of nitrogens with one attached hydrogen (secondary N) is 1. The number of amides is 1. The maximum absolute atomic E-state index is 13.7. The van der Waals surface area contributed by atoms with Crippen LogP contribution in [0.1, 0.15) is 38.7 Å². The van der Waals surface area contributed by atoms with Crippen molar-refractivity contribution in [1.29, 1.82) is 0 Å². The zero-order valence-electron chi connectivity index (χ0n) is 14.2. The first-order valence-electron chi connectivity index (χ1n) is 8.45. The molecule has 1 atom stereocenters. The number of carbonyl (C=O) groups is 1. The first-order chi connectivity index (χ1) is 11.6. The third-order valence-electron chi connectivity index (χ3n) is 3.81. The number of anilines is 1. The van der Waals surface area contributed by atoms with Crippen LogP contribution in [0.4, 0.5) is 10.1 Å². The maximum atomic E-state index is 13.7. The monoisotopic (exact) mass is 329 g/mol. The van der Waals surface area contributed by atoms with Crippen LogP contribution in [-0.4, -0.2) is 12.0 Å². The van der Waals surface area contributed by atoms with Crippen molar-refractivity contribution in [3.8, 4) is 5.75 Å². The van der Waals surface area contributed by atoms with E-state index in [0.717, 1.165) is 24.9 Å². The molecule has 0 unspecified atom stereocenters. The van der Waals surface area contributed by atoms with Crippen LogP contribution < -0.4 is 10.1 Å². The Balaban J connectivity index is 1.97. The Hall–Kier alpha value is -2.36. The molecule has 0 bridgehead atoms. The van der Waals surface area contributed by atoms with E-state index in [1.165, 1.54) is 17.7 Å². The number of benzene rings is 2. The highest BCUT2D eigenvalue weighted by molar-refractivity contribution is 5.94. The number of unbranched alkanes of at least 4 members (excludes halogenated alkanes) is 1. The number of hydrogen-bond acceptors (Lipinski definition) is 2. The lowest BCUT2D eigenvalue weighted by atomic mass is 10.1. The number of hydrogen-bond donors (Lipinski definition) is 1. The molecular formula is C20H24FNO2. The van der Waals surface area contributed by atoms with Gasteiger partial charge in [-0.3, -0.25) is 4.79 Å². The third-order valence-corrected chi connectivity index (χ3v) is 3.81. The largest absolute Gasteiger partial charge is 0.478 e. The van der Waals surface area contributed by atoms with E-state index in [1.54, 1.807) is 12.1 Å². The fraction of sp³-hybridized carbons (Fsp3) is 0.350. The van der Waals surface area contributed by atoms with E-state index in [-0.39, 0.29) is 11.7 Å². The Morgan fingerprint density at radius 1 is 1.12 bits per heavy atom.